The van der Waals surface area contributed by atoms with E-state index in [1.54, 1.807) is 0 Å². The summed E-state index contributed by atoms with van der Waals surface area (Å²) in [6.07, 6.45) is -16.0. The lowest BCUT2D eigenvalue weighted by molar-refractivity contribution is -0.392. The van der Waals surface area contributed by atoms with Crippen LogP contribution in [0.5, 0.6) is 0 Å². The number of Topliss-reactive ketones (excluding diaryl/α,β-unsaturated/α-hetero) is 1. The number of ketones is 1. The number of aliphatic hydroxyl groups is 9. The van der Waals surface area contributed by atoms with Gasteiger partial charge in [-0.15, -0.1) is 0 Å². The molecule has 9 rings (SSSR count). The predicted molar refractivity (Wildman–Crippen MR) is 210 cm³/mol. The first-order valence-electron chi connectivity index (χ1n) is 22.8. The maximum absolute atomic E-state index is 14.7. The van der Waals surface area contributed by atoms with Crippen LogP contribution in [0.4, 0.5) is 0 Å². The third kappa shape index (κ3) is 7.30. The van der Waals surface area contributed by atoms with Gasteiger partial charge in [0, 0.05) is 30.1 Å². The van der Waals surface area contributed by atoms with Crippen molar-refractivity contribution in [3.63, 3.8) is 0 Å². The number of rotatable bonds is 8. The number of fused-ring (bicyclic) bond motifs is 7. The molecule has 18 heteroatoms. The Labute approximate surface area is 361 Å². The Bertz CT molecular complexity index is 1640. The summed E-state index contributed by atoms with van der Waals surface area (Å²) in [6, 6.07) is 0. The standard InChI is InChI=1S/C44H68O18/c1-18-7-10-44(56-16-18)19(2)30-26(62-44)12-24-22-6-5-20-11-21(8-9-42(20,3)23(22)13-29(48)43(24,30)4)57-41-38(61-40-36(54)34(52)32(50)27(14-45)58-40)37(33(51)28(15-46)59-41)60-39-35(53)31(49)25(47)17-55-39/h19-28,30-41,45-47,49-54H,1,5-17H2,2-4H3. The van der Waals surface area contributed by atoms with Gasteiger partial charge < -0.3 is 83.9 Å². The molecule has 18 nitrogen and oxygen atoms in total. The first-order chi connectivity index (χ1) is 29.4. The van der Waals surface area contributed by atoms with Crippen molar-refractivity contribution in [3.05, 3.63) is 12.2 Å². The highest BCUT2D eigenvalue weighted by atomic mass is 16.8. The average molecular weight is 885 g/mol. The molecule has 0 radical (unpaired) electrons. The lowest BCUT2D eigenvalue weighted by Gasteiger charge is -2.61. The summed E-state index contributed by atoms with van der Waals surface area (Å²) in [6.45, 7) is 9.48. The van der Waals surface area contributed by atoms with Crippen LogP contribution < -0.4 is 0 Å². The molecule has 0 amide bonds. The molecule has 5 saturated heterocycles. The lowest BCUT2D eigenvalue weighted by Crippen LogP contribution is -2.67. The van der Waals surface area contributed by atoms with Crippen molar-refractivity contribution >= 4 is 5.78 Å². The van der Waals surface area contributed by atoms with E-state index in [4.69, 9.17) is 37.9 Å². The second kappa shape index (κ2) is 17.1. The molecule has 0 bridgehead atoms. The molecule has 25 atom stereocenters. The van der Waals surface area contributed by atoms with Crippen LogP contribution in [0.15, 0.2) is 12.2 Å². The van der Waals surface area contributed by atoms with E-state index < -0.39 is 123 Å². The quantitative estimate of drug-likeness (QED) is 0.105. The van der Waals surface area contributed by atoms with Gasteiger partial charge in [-0.2, -0.15) is 0 Å². The van der Waals surface area contributed by atoms with Gasteiger partial charge >= 0.3 is 0 Å². The Hall–Kier alpha value is -1.27. The summed E-state index contributed by atoms with van der Waals surface area (Å²) < 4.78 is 49.5. The zero-order valence-corrected chi connectivity index (χ0v) is 35.8. The number of ether oxygens (including phenoxy) is 8. The molecule has 9 fully saturated rings. The molecule has 4 aliphatic carbocycles. The van der Waals surface area contributed by atoms with Crippen LogP contribution in [0.3, 0.4) is 0 Å². The molecule has 4 saturated carbocycles. The SMILES string of the molecule is C=C1CCC2(OC1)OC1CC3C4CCC5CC(OC6OC(CO)C(O)C(OC7OCC(O)C(O)C7O)C6OC6OC(CO)C(O)C(O)C6O)CCC5(C)C4CC(=O)C3(C)C1C2C. The molecule has 62 heavy (non-hydrogen) atoms. The molecule has 5 heterocycles. The van der Waals surface area contributed by atoms with Crippen molar-refractivity contribution in [1.29, 1.82) is 0 Å². The largest absolute Gasteiger partial charge is 0.394 e. The fraction of sp³-hybridized carbons (Fsp3) is 0.932. The second-order valence-electron chi connectivity index (χ2n) is 20.5. The second-order valence-corrected chi connectivity index (χ2v) is 20.5. The summed E-state index contributed by atoms with van der Waals surface area (Å²) in [7, 11) is 0. The van der Waals surface area contributed by atoms with Gasteiger partial charge in [-0.3, -0.25) is 4.79 Å². The lowest BCUT2D eigenvalue weighted by atomic mass is 9.44. The molecule has 0 aromatic heterocycles. The minimum absolute atomic E-state index is 0.0314. The van der Waals surface area contributed by atoms with E-state index in [0.29, 0.717) is 37.6 Å². The number of carbonyl (C=O) groups is 1. The fourth-order valence-corrected chi connectivity index (χ4v) is 13.9. The summed E-state index contributed by atoms with van der Waals surface area (Å²) in [5, 5.41) is 95.1. The van der Waals surface area contributed by atoms with Crippen LogP contribution >= 0.6 is 0 Å². The highest BCUT2D eigenvalue weighted by Gasteiger charge is 2.72. The van der Waals surface area contributed by atoms with Gasteiger partial charge in [-0.25, -0.2) is 0 Å². The maximum atomic E-state index is 14.7. The highest BCUT2D eigenvalue weighted by Crippen LogP contribution is 2.70. The Kier molecular flexibility index (Phi) is 12.7. The fourth-order valence-electron chi connectivity index (χ4n) is 13.9. The smallest absolute Gasteiger partial charge is 0.187 e. The van der Waals surface area contributed by atoms with Gasteiger partial charge in [0.25, 0.3) is 0 Å². The van der Waals surface area contributed by atoms with Crippen LogP contribution in [0.25, 0.3) is 0 Å². The van der Waals surface area contributed by atoms with Crippen LogP contribution in [0.2, 0.25) is 0 Å². The van der Waals surface area contributed by atoms with E-state index in [9.17, 15) is 50.8 Å². The Morgan fingerprint density at radius 3 is 2.16 bits per heavy atom. The Morgan fingerprint density at radius 1 is 0.758 bits per heavy atom. The number of hydrogen-bond acceptors (Lipinski definition) is 18. The summed E-state index contributed by atoms with van der Waals surface area (Å²) in [5.74, 6) is 0.767. The predicted octanol–water partition coefficient (Wildman–Crippen LogP) is -0.995. The maximum Gasteiger partial charge on any atom is 0.187 e. The van der Waals surface area contributed by atoms with Crippen molar-refractivity contribution in [3.8, 4) is 0 Å². The topological polar surface area (TPSA) is 273 Å². The van der Waals surface area contributed by atoms with Crippen LogP contribution in [-0.2, 0) is 42.7 Å². The summed E-state index contributed by atoms with van der Waals surface area (Å²) >= 11 is 0. The molecule has 352 valence electrons. The molecular formula is C44H68O18. The number of carbonyl (C=O) groups excluding carboxylic acids is 1. The van der Waals surface area contributed by atoms with Crippen LogP contribution in [0.1, 0.15) is 78.6 Å². The van der Waals surface area contributed by atoms with Gasteiger partial charge in [0.1, 0.15) is 72.9 Å². The molecule has 5 aliphatic heterocycles. The van der Waals surface area contributed by atoms with Crippen molar-refractivity contribution in [2.75, 3.05) is 26.4 Å². The molecule has 9 aliphatic rings. The highest BCUT2D eigenvalue weighted by molar-refractivity contribution is 5.87. The van der Waals surface area contributed by atoms with Gasteiger partial charge in [0.15, 0.2) is 24.7 Å². The summed E-state index contributed by atoms with van der Waals surface area (Å²) in [4.78, 5) is 14.7. The van der Waals surface area contributed by atoms with E-state index in [1.807, 2.05) is 0 Å². The minimum Gasteiger partial charge on any atom is -0.394 e. The zero-order valence-electron chi connectivity index (χ0n) is 35.8. The van der Waals surface area contributed by atoms with Crippen molar-refractivity contribution in [2.24, 2.45) is 46.3 Å². The Balaban J connectivity index is 0.930. The molecule has 0 aromatic rings. The van der Waals surface area contributed by atoms with Crippen LogP contribution in [0, 0.1) is 46.3 Å². The average Bonchev–Trinajstić information content (AvgIpc) is 3.70. The van der Waals surface area contributed by atoms with Gasteiger partial charge in [0.2, 0.25) is 0 Å². The van der Waals surface area contributed by atoms with E-state index >= 15 is 0 Å². The first kappa shape index (κ1) is 45.9. The van der Waals surface area contributed by atoms with Crippen molar-refractivity contribution in [2.45, 2.75) is 183 Å². The van der Waals surface area contributed by atoms with Crippen LogP contribution in [-0.4, -0.2) is 182 Å². The van der Waals surface area contributed by atoms with Gasteiger partial charge in [-0.1, -0.05) is 32.9 Å². The molecular weight excluding hydrogens is 816 g/mol. The molecule has 9 N–H and O–H groups in total. The number of aliphatic hydroxyl groups excluding tert-OH is 9. The number of hydrogen-bond donors (Lipinski definition) is 9. The van der Waals surface area contributed by atoms with Crippen molar-refractivity contribution in [1.82, 2.24) is 0 Å². The Morgan fingerprint density at radius 2 is 1.45 bits per heavy atom. The van der Waals surface area contributed by atoms with Gasteiger partial charge in [-0.05, 0) is 74.0 Å². The zero-order chi connectivity index (χ0) is 44.2. The monoisotopic (exact) mass is 884 g/mol. The molecule has 25 unspecified atom stereocenters. The van der Waals surface area contributed by atoms with Gasteiger partial charge in [0.05, 0.1) is 38.6 Å². The third-order valence-electron chi connectivity index (χ3n) is 17.5. The third-order valence-corrected chi connectivity index (χ3v) is 17.5. The normalized spacial score (nSPS) is 56.6. The molecule has 1 spiro atoms. The molecule has 0 aromatic carbocycles. The van der Waals surface area contributed by atoms with E-state index in [1.165, 1.54) is 0 Å². The van der Waals surface area contributed by atoms with Crippen molar-refractivity contribution < 1.29 is 88.6 Å². The van der Waals surface area contributed by atoms with E-state index in [0.717, 1.165) is 44.1 Å². The minimum atomic E-state index is -1.85. The van der Waals surface area contributed by atoms with E-state index in [2.05, 4.69) is 27.4 Å². The first-order valence-corrected chi connectivity index (χ1v) is 22.8. The summed E-state index contributed by atoms with van der Waals surface area (Å²) in [5.41, 5.74) is 0.419. The van der Waals surface area contributed by atoms with E-state index in [-0.39, 0.29) is 41.1 Å².